The highest BCUT2D eigenvalue weighted by Crippen LogP contribution is 2.18. The minimum Gasteiger partial charge on any atom is -0.480 e. The minimum absolute atomic E-state index is 0.318. The second-order valence-electron chi connectivity index (χ2n) is 4.99. The summed E-state index contributed by atoms with van der Waals surface area (Å²) >= 11 is 0. The maximum Gasteiger partial charge on any atom is 0.323 e. The molecule has 2 aromatic rings. The van der Waals surface area contributed by atoms with Gasteiger partial charge in [0.25, 0.3) is 5.91 Å². The Hall–Kier alpha value is -2.62. The second-order valence-corrected chi connectivity index (χ2v) is 4.99. The summed E-state index contributed by atoms with van der Waals surface area (Å²) in [7, 11) is 0. The van der Waals surface area contributed by atoms with E-state index in [4.69, 9.17) is 5.11 Å². The quantitative estimate of drug-likeness (QED) is 0.938. The predicted octanol–water partition coefficient (Wildman–Crippen LogP) is 3.03. The second kappa shape index (κ2) is 6.22. The van der Waals surface area contributed by atoms with Crippen molar-refractivity contribution in [3.63, 3.8) is 0 Å². The Kier molecular flexibility index (Phi) is 4.38. The molecule has 0 atom stereocenters. The van der Waals surface area contributed by atoms with Crippen LogP contribution in [0.25, 0.3) is 0 Å². The van der Waals surface area contributed by atoms with E-state index in [0.29, 0.717) is 11.3 Å². The first-order valence-corrected chi connectivity index (χ1v) is 6.64. The van der Waals surface area contributed by atoms with Gasteiger partial charge in [-0.1, -0.05) is 35.4 Å². The Morgan fingerprint density at radius 2 is 1.38 bits per heavy atom. The van der Waals surface area contributed by atoms with E-state index in [1.807, 2.05) is 38.1 Å². The fraction of sp³-hybridized carbons (Fsp3) is 0.176. The monoisotopic (exact) mass is 283 g/mol. The average molecular weight is 283 g/mol. The molecule has 0 unspecified atom stereocenters. The van der Waals surface area contributed by atoms with Crippen LogP contribution in [0.5, 0.6) is 0 Å². The van der Waals surface area contributed by atoms with Crippen LogP contribution in [0.15, 0.2) is 48.5 Å². The maximum atomic E-state index is 12.5. The van der Waals surface area contributed by atoms with Gasteiger partial charge in [-0.15, -0.1) is 0 Å². The number of hydrogen-bond donors (Lipinski definition) is 1. The zero-order valence-corrected chi connectivity index (χ0v) is 12.0. The Balaban J connectivity index is 2.35. The van der Waals surface area contributed by atoms with Crippen LogP contribution in [0.3, 0.4) is 0 Å². The van der Waals surface area contributed by atoms with Crippen LogP contribution in [0, 0.1) is 13.8 Å². The van der Waals surface area contributed by atoms with E-state index >= 15 is 0 Å². The van der Waals surface area contributed by atoms with Gasteiger partial charge in [-0.05, 0) is 38.1 Å². The maximum absolute atomic E-state index is 12.5. The SMILES string of the molecule is Cc1ccc(C(=O)N(CC(=O)O)c2ccc(C)cc2)cc1. The molecule has 0 aliphatic carbocycles. The molecule has 0 spiro atoms. The summed E-state index contributed by atoms with van der Waals surface area (Å²) in [6, 6.07) is 14.3. The molecule has 2 aromatic carbocycles. The van der Waals surface area contributed by atoms with Crippen LogP contribution >= 0.6 is 0 Å². The molecule has 0 radical (unpaired) electrons. The normalized spacial score (nSPS) is 10.2. The Labute approximate surface area is 123 Å². The van der Waals surface area contributed by atoms with Crippen LogP contribution < -0.4 is 4.90 Å². The molecule has 0 heterocycles. The van der Waals surface area contributed by atoms with E-state index < -0.39 is 5.97 Å². The van der Waals surface area contributed by atoms with E-state index in [1.54, 1.807) is 24.3 Å². The van der Waals surface area contributed by atoms with E-state index in [-0.39, 0.29) is 12.5 Å². The molecule has 4 heteroatoms. The van der Waals surface area contributed by atoms with Crippen molar-refractivity contribution >= 4 is 17.6 Å². The number of aliphatic carboxylic acids is 1. The average Bonchev–Trinajstić information content (AvgIpc) is 2.46. The van der Waals surface area contributed by atoms with Crippen molar-refractivity contribution in [3.05, 3.63) is 65.2 Å². The molecule has 108 valence electrons. The molecule has 0 saturated carbocycles. The Morgan fingerprint density at radius 1 is 0.905 bits per heavy atom. The fourth-order valence-corrected chi connectivity index (χ4v) is 1.99. The number of carbonyl (C=O) groups excluding carboxylic acids is 1. The molecule has 0 aliphatic rings. The molecule has 2 rings (SSSR count). The lowest BCUT2D eigenvalue weighted by molar-refractivity contribution is -0.135. The Morgan fingerprint density at radius 3 is 1.86 bits per heavy atom. The first-order chi connectivity index (χ1) is 9.97. The number of rotatable bonds is 4. The molecule has 1 amide bonds. The lowest BCUT2D eigenvalue weighted by atomic mass is 10.1. The fourth-order valence-electron chi connectivity index (χ4n) is 1.99. The van der Waals surface area contributed by atoms with Crippen LogP contribution in [0.4, 0.5) is 5.69 Å². The smallest absolute Gasteiger partial charge is 0.323 e. The van der Waals surface area contributed by atoms with Gasteiger partial charge in [-0.25, -0.2) is 0 Å². The summed E-state index contributed by atoms with van der Waals surface area (Å²) in [6.07, 6.45) is 0. The van der Waals surface area contributed by atoms with Gasteiger partial charge >= 0.3 is 5.97 Å². The first kappa shape index (κ1) is 14.8. The molecule has 0 aromatic heterocycles. The van der Waals surface area contributed by atoms with Crippen molar-refractivity contribution in [1.82, 2.24) is 0 Å². The highest BCUT2D eigenvalue weighted by atomic mass is 16.4. The Bertz CT molecular complexity index is 645. The van der Waals surface area contributed by atoms with Crippen molar-refractivity contribution < 1.29 is 14.7 Å². The third-order valence-electron chi connectivity index (χ3n) is 3.18. The zero-order valence-electron chi connectivity index (χ0n) is 12.0. The number of anilines is 1. The lowest BCUT2D eigenvalue weighted by Gasteiger charge is -2.21. The van der Waals surface area contributed by atoms with E-state index in [2.05, 4.69) is 0 Å². The number of aryl methyl sites for hydroxylation is 2. The molecule has 21 heavy (non-hydrogen) atoms. The van der Waals surface area contributed by atoms with Crippen molar-refractivity contribution in [1.29, 1.82) is 0 Å². The number of amides is 1. The number of carboxylic acids is 1. The number of nitrogens with zero attached hydrogens (tertiary/aromatic N) is 1. The summed E-state index contributed by atoms with van der Waals surface area (Å²) in [5.74, 6) is -1.36. The molecular weight excluding hydrogens is 266 g/mol. The first-order valence-electron chi connectivity index (χ1n) is 6.64. The van der Waals surface area contributed by atoms with Gasteiger partial charge in [0.1, 0.15) is 6.54 Å². The van der Waals surface area contributed by atoms with Crippen LogP contribution in [0.2, 0.25) is 0 Å². The topological polar surface area (TPSA) is 57.6 Å². The molecule has 1 N–H and O–H groups in total. The molecule has 4 nitrogen and oxygen atoms in total. The van der Waals surface area contributed by atoms with Crippen molar-refractivity contribution in [2.45, 2.75) is 13.8 Å². The standard InChI is InChI=1S/C17H17NO3/c1-12-3-7-14(8-4-12)17(21)18(11-16(19)20)15-9-5-13(2)6-10-15/h3-10H,11H2,1-2H3,(H,19,20). The molecule has 0 aliphatic heterocycles. The van der Waals surface area contributed by atoms with Gasteiger partial charge in [0.2, 0.25) is 0 Å². The summed E-state index contributed by atoms with van der Waals surface area (Å²) < 4.78 is 0. The van der Waals surface area contributed by atoms with Gasteiger partial charge in [-0.3, -0.25) is 14.5 Å². The van der Waals surface area contributed by atoms with Crippen molar-refractivity contribution in [2.24, 2.45) is 0 Å². The number of carboxylic acid groups (broad SMARTS) is 1. The van der Waals surface area contributed by atoms with Gasteiger partial charge in [0.05, 0.1) is 0 Å². The molecular formula is C17H17NO3. The van der Waals surface area contributed by atoms with E-state index in [9.17, 15) is 9.59 Å². The van der Waals surface area contributed by atoms with Gasteiger partial charge in [-0.2, -0.15) is 0 Å². The minimum atomic E-state index is -1.05. The summed E-state index contributed by atoms with van der Waals surface area (Å²) in [5.41, 5.74) is 3.15. The zero-order chi connectivity index (χ0) is 15.4. The third-order valence-corrected chi connectivity index (χ3v) is 3.18. The molecule has 0 bridgehead atoms. The largest absolute Gasteiger partial charge is 0.480 e. The van der Waals surface area contributed by atoms with Crippen LogP contribution in [0.1, 0.15) is 21.5 Å². The summed E-state index contributed by atoms with van der Waals surface area (Å²) in [5, 5.41) is 9.05. The predicted molar refractivity (Wildman–Crippen MR) is 81.7 cm³/mol. The number of hydrogen-bond acceptors (Lipinski definition) is 2. The summed E-state index contributed by atoms with van der Waals surface area (Å²) in [6.45, 7) is 3.51. The van der Waals surface area contributed by atoms with Gasteiger partial charge in [0, 0.05) is 11.3 Å². The van der Waals surface area contributed by atoms with Crippen LogP contribution in [-0.4, -0.2) is 23.5 Å². The van der Waals surface area contributed by atoms with Crippen molar-refractivity contribution in [3.8, 4) is 0 Å². The highest BCUT2D eigenvalue weighted by molar-refractivity contribution is 6.08. The summed E-state index contributed by atoms with van der Waals surface area (Å²) in [4.78, 5) is 24.9. The molecule has 0 fully saturated rings. The lowest BCUT2D eigenvalue weighted by Crippen LogP contribution is -2.35. The third kappa shape index (κ3) is 3.69. The van der Waals surface area contributed by atoms with E-state index in [1.165, 1.54) is 4.90 Å². The number of benzene rings is 2. The molecule has 0 saturated heterocycles. The van der Waals surface area contributed by atoms with Gasteiger partial charge < -0.3 is 5.11 Å². The van der Waals surface area contributed by atoms with Crippen molar-refractivity contribution in [2.75, 3.05) is 11.4 Å². The highest BCUT2D eigenvalue weighted by Gasteiger charge is 2.20. The number of carbonyl (C=O) groups is 2. The van der Waals surface area contributed by atoms with Gasteiger partial charge in [0.15, 0.2) is 0 Å². The van der Waals surface area contributed by atoms with E-state index in [0.717, 1.165) is 11.1 Å². The van der Waals surface area contributed by atoms with Crippen LogP contribution in [-0.2, 0) is 4.79 Å².